The third kappa shape index (κ3) is 4.74. The topological polar surface area (TPSA) is 51.2 Å². The maximum Gasteiger partial charge on any atom is 0.226 e. The SMILES string of the molecule is CCOc1cccc2sc(NC(=O)CCSc3ccc(C)cc3)nc12. The van der Waals surface area contributed by atoms with E-state index in [1.165, 1.54) is 21.8 Å². The van der Waals surface area contributed by atoms with Gasteiger partial charge in [0.05, 0.1) is 11.3 Å². The van der Waals surface area contributed by atoms with Gasteiger partial charge in [0.1, 0.15) is 11.3 Å². The zero-order chi connectivity index (χ0) is 17.6. The first-order valence-electron chi connectivity index (χ1n) is 8.17. The first kappa shape index (κ1) is 17.8. The number of anilines is 1. The molecule has 0 saturated carbocycles. The molecule has 0 spiro atoms. The van der Waals surface area contributed by atoms with Crippen molar-refractivity contribution in [3.63, 3.8) is 0 Å². The number of thioether (sulfide) groups is 1. The summed E-state index contributed by atoms with van der Waals surface area (Å²) in [6.07, 6.45) is 0.451. The number of hydrogen-bond acceptors (Lipinski definition) is 5. The minimum Gasteiger partial charge on any atom is -0.492 e. The molecule has 3 rings (SSSR count). The summed E-state index contributed by atoms with van der Waals surface area (Å²) in [5.74, 6) is 1.48. The number of hydrogen-bond donors (Lipinski definition) is 1. The van der Waals surface area contributed by atoms with E-state index in [9.17, 15) is 4.79 Å². The van der Waals surface area contributed by atoms with Gasteiger partial charge in [0.25, 0.3) is 0 Å². The molecule has 1 aromatic heterocycles. The fourth-order valence-electron chi connectivity index (χ4n) is 2.33. The van der Waals surface area contributed by atoms with Crippen molar-refractivity contribution >= 4 is 44.4 Å². The molecule has 0 atom stereocenters. The summed E-state index contributed by atoms with van der Waals surface area (Å²) < 4.78 is 6.60. The summed E-state index contributed by atoms with van der Waals surface area (Å²) in [7, 11) is 0. The summed E-state index contributed by atoms with van der Waals surface area (Å²) in [5, 5.41) is 3.51. The van der Waals surface area contributed by atoms with Crippen molar-refractivity contribution in [3.8, 4) is 5.75 Å². The van der Waals surface area contributed by atoms with Crippen LogP contribution in [0.4, 0.5) is 5.13 Å². The standard InChI is InChI=1S/C19H20N2O2S2/c1-3-23-15-5-4-6-16-18(15)21-19(25-16)20-17(22)11-12-24-14-9-7-13(2)8-10-14/h4-10H,3,11-12H2,1-2H3,(H,20,21,22). The molecule has 0 aliphatic heterocycles. The van der Waals surface area contributed by atoms with Gasteiger partial charge in [0.2, 0.25) is 5.91 Å². The van der Waals surface area contributed by atoms with E-state index in [-0.39, 0.29) is 5.91 Å². The number of aryl methyl sites for hydroxylation is 1. The molecule has 4 nitrogen and oxygen atoms in total. The van der Waals surface area contributed by atoms with Crippen molar-refractivity contribution in [2.24, 2.45) is 0 Å². The van der Waals surface area contributed by atoms with Gasteiger partial charge >= 0.3 is 0 Å². The van der Waals surface area contributed by atoms with Crippen LogP contribution in [-0.4, -0.2) is 23.3 Å². The lowest BCUT2D eigenvalue weighted by Crippen LogP contribution is -2.11. The van der Waals surface area contributed by atoms with Crippen LogP contribution in [0.3, 0.4) is 0 Å². The summed E-state index contributed by atoms with van der Waals surface area (Å²) in [6, 6.07) is 14.2. The van der Waals surface area contributed by atoms with E-state index in [2.05, 4.69) is 41.5 Å². The highest BCUT2D eigenvalue weighted by Crippen LogP contribution is 2.32. The Morgan fingerprint density at radius 1 is 1.24 bits per heavy atom. The van der Waals surface area contributed by atoms with Crippen molar-refractivity contribution in [2.45, 2.75) is 25.2 Å². The smallest absolute Gasteiger partial charge is 0.226 e. The number of amides is 1. The van der Waals surface area contributed by atoms with Gasteiger partial charge in [-0.25, -0.2) is 4.98 Å². The minimum atomic E-state index is -0.0170. The molecule has 2 aromatic carbocycles. The van der Waals surface area contributed by atoms with Crippen molar-refractivity contribution in [1.29, 1.82) is 0 Å². The van der Waals surface area contributed by atoms with Crippen LogP contribution in [0.1, 0.15) is 18.9 Å². The van der Waals surface area contributed by atoms with Crippen molar-refractivity contribution in [1.82, 2.24) is 4.98 Å². The summed E-state index contributed by atoms with van der Waals surface area (Å²) >= 11 is 3.15. The van der Waals surface area contributed by atoms with E-state index < -0.39 is 0 Å². The quantitative estimate of drug-likeness (QED) is 0.585. The Kier molecular flexibility index (Phi) is 5.94. The van der Waals surface area contributed by atoms with E-state index >= 15 is 0 Å². The zero-order valence-electron chi connectivity index (χ0n) is 14.2. The highest BCUT2D eigenvalue weighted by Gasteiger charge is 2.11. The minimum absolute atomic E-state index is 0.0170. The number of rotatable bonds is 7. The fraction of sp³-hybridized carbons (Fsp3) is 0.263. The molecule has 0 bridgehead atoms. The van der Waals surface area contributed by atoms with Crippen LogP contribution in [0.15, 0.2) is 47.4 Å². The molecule has 0 aliphatic carbocycles. The van der Waals surface area contributed by atoms with E-state index in [0.717, 1.165) is 21.7 Å². The monoisotopic (exact) mass is 372 g/mol. The third-order valence-electron chi connectivity index (χ3n) is 3.55. The third-order valence-corrected chi connectivity index (χ3v) is 5.50. The predicted molar refractivity (Wildman–Crippen MR) is 106 cm³/mol. The molecule has 0 aliphatic rings. The van der Waals surface area contributed by atoms with Crippen molar-refractivity contribution < 1.29 is 9.53 Å². The second-order valence-electron chi connectivity index (χ2n) is 5.51. The number of para-hydroxylation sites is 1. The number of thiazole rings is 1. The van der Waals surface area contributed by atoms with Crippen LogP contribution in [0.5, 0.6) is 5.75 Å². The Morgan fingerprint density at radius 3 is 2.80 bits per heavy atom. The lowest BCUT2D eigenvalue weighted by molar-refractivity contribution is -0.115. The highest BCUT2D eigenvalue weighted by molar-refractivity contribution is 7.99. The zero-order valence-corrected chi connectivity index (χ0v) is 15.9. The first-order chi connectivity index (χ1) is 12.2. The number of nitrogens with zero attached hydrogens (tertiary/aromatic N) is 1. The van der Waals surface area contributed by atoms with Gasteiger partial charge in [-0.05, 0) is 38.1 Å². The number of carbonyl (C=O) groups excluding carboxylic acids is 1. The molecule has 0 fully saturated rings. The van der Waals surface area contributed by atoms with Gasteiger partial charge < -0.3 is 10.1 Å². The molecular weight excluding hydrogens is 352 g/mol. The van der Waals surface area contributed by atoms with Gasteiger partial charge in [-0.15, -0.1) is 11.8 Å². The second-order valence-corrected chi connectivity index (χ2v) is 7.71. The Balaban J connectivity index is 1.56. The first-order valence-corrected chi connectivity index (χ1v) is 9.97. The maximum atomic E-state index is 12.2. The summed E-state index contributed by atoms with van der Waals surface area (Å²) in [6.45, 7) is 4.60. The van der Waals surface area contributed by atoms with E-state index in [0.29, 0.717) is 18.2 Å². The molecule has 0 saturated heterocycles. The van der Waals surface area contributed by atoms with Crippen LogP contribution in [-0.2, 0) is 4.79 Å². The van der Waals surface area contributed by atoms with E-state index in [1.54, 1.807) is 11.8 Å². The van der Waals surface area contributed by atoms with Crippen LogP contribution >= 0.6 is 23.1 Å². The van der Waals surface area contributed by atoms with Gasteiger partial charge in [-0.2, -0.15) is 0 Å². The van der Waals surface area contributed by atoms with Crippen molar-refractivity contribution in [2.75, 3.05) is 17.7 Å². The highest BCUT2D eigenvalue weighted by atomic mass is 32.2. The number of nitrogens with one attached hydrogen (secondary N) is 1. The number of fused-ring (bicyclic) bond motifs is 1. The molecule has 1 heterocycles. The largest absolute Gasteiger partial charge is 0.492 e. The normalized spacial score (nSPS) is 10.8. The molecule has 1 N–H and O–H groups in total. The van der Waals surface area contributed by atoms with Gasteiger partial charge in [-0.3, -0.25) is 4.79 Å². The molecule has 6 heteroatoms. The van der Waals surface area contributed by atoms with Crippen molar-refractivity contribution in [3.05, 3.63) is 48.0 Å². The molecule has 0 unspecified atom stereocenters. The van der Waals surface area contributed by atoms with Crippen LogP contribution in [0.25, 0.3) is 10.2 Å². The van der Waals surface area contributed by atoms with Gasteiger partial charge in [0, 0.05) is 17.1 Å². The summed E-state index contributed by atoms with van der Waals surface area (Å²) in [5.41, 5.74) is 2.04. The molecular formula is C19H20N2O2S2. The molecule has 0 radical (unpaired) electrons. The molecule has 3 aromatic rings. The Labute approximate surface area is 155 Å². The van der Waals surface area contributed by atoms with Gasteiger partial charge in [-0.1, -0.05) is 35.1 Å². The van der Waals surface area contributed by atoms with E-state index in [1.807, 2.05) is 25.1 Å². The number of aromatic nitrogens is 1. The second kappa shape index (κ2) is 8.36. The lowest BCUT2D eigenvalue weighted by atomic mass is 10.2. The Bertz CT molecular complexity index is 859. The van der Waals surface area contributed by atoms with Crippen LogP contribution < -0.4 is 10.1 Å². The summed E-state index contributed by atoms with van der Waals surface area (Å²) in [4.78, 5) is 17.8. The molecule has 25 heavy (non-hydrogen) atoms. The number of benzene rings is 2. The Hall–Kier alpha value is -2.05. The maximum absolute atomic E-state index is 12.2. The predicted octanol–water partition coefficient (Wildman–Crippen LogP) is 5.12. The van der Waals surface area contributed by atoms with Gasteiger partial charge in [0.15, 0.2) is 5.13 Å². The van der Waals surface area contributed by atoms with E-state index in [4.69, 9.17) is 4.74 Å². The Morgan fingerprint density at radius 2 is 2.04 bits per heavy atom. The number of carbonyl (C=O) groups is 1. The average Bonchev–Trinajstić information content (AvgIpc) is 3.00. The van der Waals surface area contributed by atoms with Crippen LogP contribution in [0, 0.1) is 6.92 Å². The fourth-order valence-corrected chi connectivity index (χ4v) is 4.08. The van der Waals surface area contributed by atoms with Crippen LogP contribution in [0.2, 0.25) is 0 Å². The average molecular weight is 373 g/mol. The lowest BCUT2D eigenvalue weighted by Gasteiger charge is -2.03. The molecule has 1 amide bonds. The number of ether oxygens (including phenoxy) is 1. The molecule has 130 valence electrons.